The number of hydrogen-bond acceptors (Lipinski definition) is 2. The van der Waals surface area contributed by atoms with Crippen LogP contribution in [0.3, 0.4) is 0 Å². The van der Waals surface area contributed by atoms with Crippen molar-refractivity contribution in [3.05, 3.63) is 19.1 Å². The third kappa shape index (κ3) is 1.50. The van der Waals surface area contributed by atoms with Crippen molar-refractivity contribution in [1.82, 2.24) is 4.90 Å². The molecule has 1 amide bonds. The molecule has 0 atom stereocenters. The first-order valence-corrected chi connectivity index (χ1v) is 3.19. The third-order valence-corrected chi connectivity index (χ3v) is 1.28. The maximum Gasteiger partial charge on any atom is 0.410 e. The second-order valence-electron chi connectivity index (χ2n) is 2.06. The van der Waals surface area contributed by atoms with Gasteiger partial charge in [0.05, 0.1) is 0 Å². The standard InChI is InChI=1S/C7H10NO2/c1-2-6-10-7(9)8-4-3-5-8/h2-3H,1,4-6H2. The molecule has 0 unspecified atom stereocenters. The number of likely N-dealkylation sites (tertiary alicyclic amines) is 1. The quantitative estimate of drug-likeness (QED) is 0.532. The number of amides is 1. The van der Waals surface area contributed by atoms with Crippen molar-refractivity contribution in [1.29, 1.82) is 0 Å². The second kappa shape index (κ2) is 3.25. The van der Waals surface area contributed by atoms with Gasteiger partial charge in [-0.3, -0.25) is 0 Å². The van der Waals surface area contributed by atoms with Gasteiger partial charge in [0.1, 0.15) is 6.61 Å². The molecule has 1 radical (unpaired) electrons. The van der Waals surface area contributed by atoms with E-state index in [9.17, 15) is 4.79 Å². The van der Waals surface area contributed by atoms with Gasteiger partial charge < -0.3 is 9.64 Å². The van der Waals surface area contributed by atoms with Crippen molar-refractivity contribution in [2.75, 3.05) is 19.7 Å². The Kier molecular flexibility index (Phi) is 2.31. The molecular formula is C7H10NO2. The Morgan fingerprint density at radius 3 is 2.90 bits per heavy atom. The predicted octanol–water partition coefficient (Wildman–Crippen LogP) is 0.829. The average molecular weight is 140 g/mol. The molecule has 55 valence electrons. The van der Waals surface area contributed by atoms with Gasteiger partial charge in [-0.15, -0.1) is 0 Å². The van der Waals surface area contributed by atoms with Gasteiger partial charge in [0.15, 0.2) is 0 Å². The first kappa shape index (κ1) is 7.12. The van der Waals surface area contributed by atoms with E-state index < -0.39 is 0 Å². The summed E-state index contributed by atoms with van der Waals surface area (Å²) in [4.78, 5) is 12.4. The van der Waals surface area contributed by atoms with E-state index in [0.29, 0.717) is 6.61 Å². The lowest BCUT2D eigenvalue weighted by Crippen LogP contribution is -2.42. The zero-order valence-corrected chi connectivity index (χ0v) is 5.75. The van der Waals surface area contributed by atoms with Crippen molar-refractivity contribution in [2.45, 2.75) is 0 Å². The SMILES string of the molecule is C=CCOC(=O)N1C[CH]C1. The van der Waals surface area contributed by atoms with Gasteiger partial charge in [0, 0.05) is 19.5 Å². The van der Waals surface area contributed by atoms with Crippen LogP contribution in [-0.4, -0.2) is 30.7 Å². The van der Waals surface area contributed by atoms with Crippen LogP contribution in [0, 0.1) is 6.42 Å². The molecule has 3 nitrogen and oxygen atoms in total. The summed E-state index contributed by atoms with van der Waals surface area (Å²) in [6.07, 6.45) is 3.32. The van der Waals surface area contributed by atoms with E-state index in [1.165, 1.54) is 0 Å². The van der Waals surface area contributed by atoms with Crippen molar-refractivity contribution < 1.29 is 9.53 Å². The number of nitrogens with zero attached hydrogens (tertiary/aromatic N) is 1. The average Bonchev–Trinajstić information content (AvgIpc) is 1.79. The van der Waals surface area contributed by atoms with Crippen LogP contribution in [0.5, 0.6) is 0 Å². The van der Waals surface area contributed by atoms with Crippen molar-refractivity contribution in [2.24, 2.45) is 0 Å². The highest BCUT2D eigenvalue weighted by Crippen LogP contribution is 2.05. The summed E-state index contributed by atoms with van der Waals surface area (Å²) in [7, 11) is 0. The molecule has 0 spiro atoms. The van der Waals surface area contributed by atoms with Crippen molar-refractivity contribution in [3.63, 3.8) is 0 Å². The van der Waals surface area contributed by atoms with E-state index in [4.69, 9.17) is 4.74 Å². The van der Waals surface area contributed by atoms with Crippen LogP contribution in [0.25, 0.3) is 0 Å². The first-order valence-electron chi connectivity index (χ1n) is 3.19. The monoisotopic (exact) mass is 140 g/mol. The van der Waals surface area contributed by atoms with Gasteiger partial charge in [-0.05, 0) is 0 Å². The molecule has 0 aromatic heterocycles. The Labute approximate surface area is 60.3 Å². The summed E-state index contributed by atoms with van der Waals surface area (Å²) < 4.78 is 4.74. The molecule has 1 aliphatic rings. The van der Waals surface area contributed by atoms with E-state index in [0.717, 1.165) is 13.1 Å². The van der Waals surface area contributed by atoms with Crippen LogP contribution in [0.1, 0.15) is 0 Å². The van der Waals surface area contributed by atoms with Crippen LogP contribution in [0.15, 0.2) is 12.7 Å². The minimum atomic E-state index is -0.248. The second-order valence-corrected chi connectivity index (χ2v) is 2.06. The molecule has 0 saturated carbocycles. The molecule has 1 rings (SSSR count). The molecule has 3 heteroatoms. The molecule has 1 aliphatic heterocycles. The Morgan fingerprint density at radius 2 is 2.50 bits per heavy atom. The van der Waals surface area contributed by atoms with Crippen molar-refractivity contribution in [3.8, 4) is 0 Å². The van der Waals surface area contributed by atoms with Gasteiger partial charge in [-0.2, -0.15) is 0 Å². The Balaban J connectivity index is 2.13. The van der Waals surface area contributed by atoms with Crippen molar-refractivity contribution >= 4 is 6.09 Å². The van der Waals surface area contributed by atoms with Gasteiger partial charge in [0.2, 0.25) is 0 Å². The Morgan fingerprint density at radius 1 is 1.80 bits per heavy atom. The zero-order valence-electron chi connectivity index (χ0n) is 5.75. The first-order chi connectivity index (χ1) is 4.84. The summed E-state index contributed by atoms with van der Waals surface area (Å²) in [6, 6.07) is 0. The highest BCUT2D eigenvalue weighted by molar-refractivity contribution is 5.69. The smallest absolute Gasteiger partial charge is 0.410 e. The number of rotatable bonds is 2. The molecule has 0 aromatic rings. The minimum Gasteiger partial charge on any atom is -0.445 e. The molecule has 0 N–H and O–H groups in total. The highest BCUT2D eigenvalue weighted by atomic mass is 16.6. The maximum absolute atomic E-state index is 10.8. The predicted molar refractivity (Wildman–Crippen MR) is 37.4 cm³/mol. The van der Waals surface area contributed by atoms with E-state index in [-0.39, 0.29) is 6.09 Å². The lowest BCUT2D eigenvalue weighted by Gasteiger charge is -2.29. The van der Waals surface area contributed by atoms with Crippen LogP contribution in [0.4, 0.5) is 4.79 Å². The normalized spacial score (nSPS) is 15.8. The van der Waals surface area contributed by atoms with Gasteiger partial charge in [-0.25, -0.2) is 4.79 Å². The number of ether oxygens (including phenoxy) is 1. The Hall–Kier alpha value is -0.990. The summed E-state index contributed by atoms with van der Waals surface area (Å²) in [6.45, 7) is 5.17. The summed E-state index contributed by atoms with van der Waals surface area (Å²) in [5, 5.41) is 0. The van der Waals surface area contributed by atoms with Gasteiger partial charge in [0.25, 0.3) is 0 Å². The number of carbonyl (C=O) groups is 1. The van der Waals surface area contributed by atoms with Crippen LogP contribution in [-0.2, 0) is 4.74 Å². The third-order valence-electron chi connectivity index (χ3n) is 1.28. The molecule has 0 bridgehead atoms. The molecule has 10 heavy (non-hydrogen) atoms. The van der Waals surface area contributed by atoms with Crippen LogP contribution in [0.2, 0.25) is 0 Å². The van der Waals surface area contributed by atoms with E-state index in [1.807, 2.05) is 6.42 Å². The molecule has 1 saturated heterocycles. The van der Waals surface area contributed by atoms with E-state index >= 15 is 0 Å². The van der Waals surface area contributed by atoms with Crippen LogP contribution < -0.4 is 0 Å². The fourth-order valence-electron chi connectivity index (χ4n) is 0.629. The number of hydrogen-bond donors (Lipinski definition) is 0. The molecular weight excluding hydrogens is 130 g/mol. The summed E-state index contributed by atoms with van der Waals surface area (Å²) >= 11 is 0. The minimum absolute atomic E-state index is 0.248. The topological polar surface area (TPSA) is 29.5 Å². The number of carbonyl (C=O) groups excluding carboxylic acids is 1. The molecule has 0 aromatic carbocycles. The highest BCUT2D eigenvalue weighted by Gasteiger charge is 2.20. The van der Waals surface area contributed by atoms with E-state index in [1.54, 1.807) is 11.0 Å². The Bertz CT molecular complexity index is 141. The molecule has 1 fully saturated rings. The summed E-state index contributed by atoms with van der Waals surface area (Å²) in [5.74, 6) is 0. The zero-order chi connectivity index (χ0) is 7.40. The van der Waals surface area contributed by atoms with E-state index in [2.05, 4.69) is 6.58 Å². The summed E-state index contributed by atoms with van der Waals surface area (Å²) in [5.41, 5.74) is 0. The van der Waals surface area contributed by atoms with Gasteiger partial charge in [-0.1, -0.05) is 12.7 Å². The molecule has 0 aliphatic carbocycles. The fourth-order valence-corrected chi connectivity index (χ4v) is 0.629. The van der Waals surface area contributed by atoms with Gasteiger partial charge >= 0.3 is 6.09 Å². The maximum atomic E-state index is 10.8. The lowest BCUT2D eigenvalue weighted by molar-refractivity contribution is 0.105. The van der Waals surface area contributed by atoms with Crippen LogP contribution >= 0.6 is 0 Å². The largest absolute Gasteiger partial charge is 0.445 e. The lowest BCUT2D eigenvalue weighted by atomic mass is 10.2. The fraction of sp³-hybridized carbons (Fsp3) is 0.429. The molecule has 1 heterocycles.